The van der Waals surface area contributed by atoms with Crippen LogP contribution in [0.2, 0.25) is 0 Å². The van der Waals surface area contributed by atoms with Gasteiger partial charge in [-0.25, -0.2) is 14.6 Å². The molecule has 0 radical (unpaired) electrons. The second-order valence-electron chi connectivity index (χ2n) is 9.82. The summed E-state index contributed by atoms with van der Waals surface area (Å²) in [5.74, 6) is -0.952. The van der Waals surface area contributed by atoms with E-state index in [2.05, 4.69) is 26.6 Å². The van der Waals surface area contributed by atoms with Gasteiger partial charge in [0.2, 0.25) is 5.91 Å². The minimum atomic E-state index is -4.90. The number of nitrogens with one attached hydrogen (secondary N) is 1. The Labute approximate surface area is 244 Å². The van der Waals surface area contributed by atoms with Crippen LogP contribution in [0.15, 0.2) is 61.4 Å². The Balaban J connectivity index is 1.36. The molecule has 1 atom stereocenters. The lowest BCUT2D eigenvalue weighted by Gasteiger charge is -2.32. The Hall–Kier alpha value is -5.14. The smallest absolute Gasteiger partial charge is 0.496 e. The molecule has 2 amide bonds. The Morgan fingerprint density at radius 1 is 1.19 bits per heavy atom. The van der Waals surface area contributed by atoms with Gasteiger partial charge >= 0.3 is 6.36 Å². The highest BCUT2D eigenvalue weighted by Crippen LogP contribution is 2.34. The van der Waals surface area contributed by atoms with Crippen molar-refractivity contribution in [2.75, 3.05) is 25.9 Å². The molecule has 0 bridgehead atoms. The number of nitrogens with zero attached hydrogens (tertiary/aromatic N) is 5. The SMILES string of the molecule is C=CC(=O)N1CCC[C@@H](n2nc(-c3ccc(CNC(=O)c4cc(OC(F)(F)F)ccc4OC)cc3)c3c(N)ncnc32)C1. The molecule has 2 aromatic carbocycles. The van der Waals surface area contributed by atoms with Crippen LogP contribution < -0.4 is 20.5 Å². The maximum atomic E-state index is 12.8. The first-order valence-electron chi connectivity index (χ1n) is 13.3. The van der Waals surface area contributed by atoms with Crippen molar-refractivity contribution in [3.63, 3.8) is 0 Å². The molecule has 11 nitrogen and oxygen atoms in total. The number of ether oxygens (including phenoxy) is 2. The first-order valence-corrected chi connectivity index (χ1v) is 13.3. The van der Waals surface area contributed by atoms with E-state index in [4.69, 9.17) is 15.6 Å². The molecule has 1 aliphatic heterocycles. The summed E-state index contributed by atoms with van der Waals surface area (Å²) in [6, 6.07) is 10.3. The van der Waals surface area contributed by atoms with Gasteiger partial charge in [0, 0.05) is 25.2 Å². The Kier molecular flexibility index (Phi) is 8.19. The fraction of sp³-hybridized carbons (Fsp3) is 0.276. The molecule has 3 heterocycles. The van der Waals surface area contributed by atoms with Crippen LogP contribution in [0.1, 0.15) is 34.8 Å². The van der Waals surface area contributed by atoms with Crippen molar-refractivity contribution in [2.45, 2.75) is 31.8 Å². The fourth-order valence-corrected chi connectivity index (χ4v) is 5.06. The Bertz CT molecular complexity index is 1670. The second-order valence-corrected chi connectivity index (χ2v) is 9.82. The van der Waals surface area contributed by atoms with E-state index in [0.717, 1.165) is 36.1 Å². The molecular formula is C29H28F3N7O4. The van der Waals surface area contributed by atoms with Crippen molar-refractivity contribution < 1.29 is 32.2 Å². The maximum absolute atomic E-state index is 12.8. The van der Waals surface area contributed by atoms with Crippen LogP contribution in [0.4, 0.5) is 19.0 Å². The van der Waals surface area contributed by atoms with E-state index in [1.165, 1.54) is 25.6 Å². The highest BCUT2D eigenvalue weighted by molar-refractivity contribution is 5.99. The summed E-state index contributed by atoms with van der Waals surface area (Å²) in [7, 11) is 1.31. The van der Waals surface area contributed by atoms with Crippen LogP contribution >= 0.6 is 0 Å². The molecule has 0 unspecified atom stereocenters. The number of nitrogens with two attached hydrogens (primary N) is 1. The number of halogens is 3. The zero-order valence-electron chi connectivity index (χ0n) is 23.1. The number of hydrogen-bond acceptors (Lipinski definition) is 8. The zero-order valence-corrected chi connectivity index (χ0v) is 23.1. The lowest BCUT2D eigenvalue weighted by atomic mass is 10.1. The van der Waals surface area contributed by atoms with Gasteiger partial charge in [-0.05, 0) is 42.7 Å². The van der Waals surface area contributed by atoms with E-state index in [1.54, 1.807) is 21.7 Å². The highest BCUT2D eigenvalue weighted by Gasteiger charge is 2.32. The molecule has 0 saturated carbocycles. The summed E-state index contributed by atoms with van der Waals surface area (Å²) < 4.78 is 48.8. The van der Waals surface area contributed by atoms with E-state index in [-0.39, 0.29) is 35.6 Å². The van der Waals surface area contributed by atoms with E-state index in [0.29, 0.717) is 29.8 Å². The lowest BCUT2D eigenvalue weighted by Crippen LogP contribution is -2.40. The van der Waals surface area contributed by atoms with Crippen LogP contribution in [0, 0.1) is 0 Å². The number of piperidine rings is 1. The number of nitrogen functional groups attached to an aromatic ring is 1. The van der Waals surface area contributed by atoms with Crippen molar-refractivity contribution in [3.05, 3.63) is 72.6 Å². The second kappa shape index (κ2) is 12.0. The normalized spacial score (nSPS) is 15.3. The summed E-state index contributed by atoms with van der Waals surface area (Å²) in [6.45, 7) is 4.77. The minimum absolute atomic E-state index is 0.0856. The van der Waals surface area contributed by atoms with Crippen molar-refractivity contribution in [1.29, 1.82) is 0 Å². The van der Waals surface area contributed by atoms with Gasteiger partial charge in [0.25, 0.3) is 5.91 Å². The molecule has 5 rings (SSSR count). The third-order valence-electron chi connectivity index (χ3n) is 7.08. The largest absolute Gasteiger partial charge is 0.573 e. The Morgan fingerprint density at radius 2 is 1.95 bits per heavy atom. The number of benzene rings is 2. The van der Waals surface area contributed by atoms with Gasteiger partial charge in [0.05, 0.1) is 24.1 Å². The van der Waals surface area contributed by atoms with Crippen LogP contribution in [0.5, 0.6) is 11.5 Å². The quantitative estimate of drug-likeness (QED) is 0.288. The molecule has 2 aromatic heterocycles. The standard InChI is InChI=1S/C29H28F3N7O4/c1-3-23(40)38-12-4-5-19(15-38)39-27-24(26(33)35-16-36-27)25(37-39)18-8-6-17(7-9-18)14-34-28(41)21-13-20(43-29(30,31)32)10-11-22(21)42-2/h3,6-11,13,16,19H,1,4-5,12,14-15H2,2H3,(H,34,41)(H2,33,35,36)/t19-/m1/s1. The molecule has 1 aliphatic rings. The van der Waals surface area contributed by atoms with Crippen LogP contribution in [0.3, 0.4) is 0 Å². The molecule has 3 N–H and O–H groups in total. The topological polar surface area (TPSA) is 137 Å². The number of fused-ring (bicyclic) bond motifs is 1. The molecule has 224 valence electrons. The van der Waals surface area contributed by atoms with Gasteiger partial charge < -0.3 is 25.4 Å². The number of methoxy groups -OCH3 is 1. The molecule has 0 spiro atoms. The maximum Gasteiger partial charge on any atom is 0.573 e. The average molecular weight is 596 g/mol. The summed E-state index contributed by atoms with van der Waals surface area (Å²) in [5, 5.41) is 8.13. The van der Waals surface area contributed by atoms with Gasteiger partial charge in [-0.2, -0.15) is 5.10 Å². The molecule has 1 fully saturated rings. The molecule has 43 heavy (non-hydrogen) atoms. The third kappa shape index (κ3) is 6.37. The van der Waals surface area contributed by atoms with Crippen molar-refractivity contribution in [2.24, 2.45) is 0 Å². The summed E-state index contributed by atoms with van der Waals surface area (Å²) in [4.78, 5) is 35.4. The van der Waals surface area contributed by atoms with Gasteiger partial charge in [0.1, 0.15) is 29.3 Å². The minimum Gasteiger partial charge on any atom is -0.496 e. The number of hydrogen-bond donors (Lipinski definition) is 2. The predicted octanol–water partition coefficient (Wildman–Crippen LogP) is 4.26. The summed E-state index contributed by atoms with van der Waals surface area (Å²) >= 11 is 0. The molecular weight excluding hydrogens is 567 g/mol. The Morgan fingerprint density at radius 3 is 2.65 bits per heavy atom. The number of anilines is 1. The van der Waals surface area contributed by atoms with Gasteiger partial charge in [-0.1, -0.05) is 30.8 Å². The molecule has 4 aromatic rings. The average Bonchev–Trinajstić information content (AvgIpc) is 3.40. The summed E-state index contributed by atoms with van der Waals surface area (Å²) in [6.07, 6.45) is -0.623. The van der Waals surface area contributed by atoms with Gasteiger partial charge in [-0.15, -0.1) is 13.2 Å². The monoisotopic (exact) mass is 595 g/mol. The van der Waals surface area contributed by atoms with E-state index in [9.17, 15) is 22.8 Å². The molecule has 14 heteroatoms. The van der Waals surface area contributed by atoms with Crippen molar-refractivity contribution >= 4 is 28.7 Å². The summed E-state index contributed by atoms with van der Waals surface area (Å²) in [5.41, 5.74) is 8.73. The molecule has 0 aliphatic carbocycles. The molecule has 1 saturated heterocycles. The van der Waals surface area contributed by atoms with Crippen molar-refractivity contribution in [1.82, 2.24) is 30.0 Å². The zero-order chi connectivity index (χ0) is 30.7. The van der Waals surface area contributed by atoms with Crippen molar-refractivity contribution in [3.8, 4) is 22.8 Å². The van der Waals surface area contributed by atoms with Crippen LogP contribution in [-0.2, 0) is 11.3 Å². The lowest BCUT2D eigenvalue weighted by molar-refractivity contribution is -0.274. The fourth-order valence-electron chi connectivity index (χ4n) is 5.06. The van der Waals surface area contributed by atoms with E-state index >= 15 is 0 Å². The van der Waals surface area contributed by atoms with Crippen LogP contribution in [0.25, 0.3) is 22.3 Å². The highest BCUT2D eigenvalue weighted by atomic mass is 19.4. The van der Waals surface area contributed by atoms with E-state index in [1.807, 2.05) is 12.1 Å². The number of likely N-dealkylation sites (tertiary alicyclic amines) is 1. The van der Waals surface area contributed by atoms with Crippen LogP contribution in [-0.4, -0.2) is 63.0 Å². The third-order valence-corrected chi connectivity index (χ3v) is 7.08. The predicted molar refractivity (Wildman–Crippen MR) is 151 cm³/mol. The number of rotatable bonds is 8. The first kappa shape index (κ1) is 29.4. The number of aromatic nitrogens is 4. The van der Waals surface area contributed by atoms with Gasteiger partial charge in [-0.3, -0.25) is 9.59 Å². The number of carbonyl (C=O) groups is 2. The first-order chi connectivity index (χ1) is 20.6. The number of amides is 2. The van der Waals surface area contributed by atoms with Gasteiger partial charge in [0.15, 0.2) is 5.65 Å². The van der Waals surface area contributed by atoms with E-state index < -0.39 is 18.0 Å². The number of carbonyl (C=O) groups excluding carboxylic acids is 2. The number of alkyl halides is 3.